The molecule has 2 heterocycles. The smallest absolute Gasteiger partial charge is 0.262 e. The summed E-state index contributed by atoms with van der Waals surface area (Å²) in [5.74, 6) is 3.14. The number of hydrogen-bond acceptors (Lipinski definition) is 7. The Morgan fingerprint density at radius 1 is 1.03 bits per heavy atom. The molecule has 0 radical (unpaired) electrons. The Hall–Kier alpha value is -3.26. The van der Waals surface area contributed by atoms with Crippen LogP contribution in [0.2, 0.25) is 0 Å². The van der Waals surface area contributed by atoms with Crippen LogP contribution in [0.1, 0.15) is 22.9 Å². The molecular formula is C23H23N3O4S. The molecule has 2 aromatic carbocycles. The summed E-state index contributed by atoms with van der Waals surface area (Å²) in [5, 5.41) is 1.18. The Labute approximate surface area is 184 Å². The molecule has 2 aromatic heterocycles. The summed E-state index contributed by atoms with van der Waals surface area (Å²) in [6.45, 7) is 4.15. The van der Waals surface area contributed by atoms with Gasteiger partial charge in [-0.3, -0.25) is 9.36 Å². The molecule has 4 rings (SSSR count). The summed E-state index contributed by atoms with van der Waals surface area (Å²) in [7, 11) is 3.18. The van der Waals surface area contributed by atoms with Crippen molar-refractivity contribution in [2.75, 3.05) is 14.2 Å². The number of rotatable bonds is 7. The third-order valence-electron chi connectivity index (χ3n) is 5.01. The van der Waals surface area contributed by atoms with Gasteiger partial charge in [-0.05, 0) is 43.7 Å². The van der Waals surface area contributed by atoms with Crippen LogP contribution in [-0.4, -0.2) is 28.8 Å². The van der Waals surface area contributed by atoms with Crippen LogP contribution in [-0.2, 0) is 12.3 Å². The first-order valence-electron chi connectivity index (χ1n) is 9.76. The molecule has 0 aliphatic rings. The first kappa shape index (κ1) is 21.0. The van der Waals surface area contributed by atoms with E-state index in [4.69, 9.17) is 18.9 Å². The van der Waals surface area contributed by atoms with Crippen molar-refractivity contribution in [2.45, 2.75) is 31.3 Å². The van der Waals surface area contributed by atoms with Gasteiger partial charge in [0.1, 0.15) is 5.76 Å². The van der Waals surface area contributed by atoms with Crippen molar-refractivity contribution in [1.82, 2.24) is 14.5 Å². The van der Waals surface area contributed by atoms with Gasteiger partial charge in [-0.25, -0.2) is 9.97 Å². The van der Waals surface area contributed by atoms with Gasteiger partial charge in [-0.15, -0.1) is 0 Å². The van der Waals surface area contributed by atoms with Gasteiger partial charge in [0.05, 0.1) is 43.1 Å². The lowest BCUT2D eigenvalue weighted by molar-refractivity contribution is 0.354. The van der Waals surface area contributed by atoms with Gasteiger partial charge < -0.3 is 13.9 Å². The largest absolute Gasteiger partial charge is 0.493 e. The zero-order valence-corrected chi connectivity index (χ0v) is 18.7. The fraction of sp³-hybridized carbons (Fsp3) is 0.261. The van der Waals surface area contributed by atoms with E-state index in [0.717, 1.165) is 17.0 Å². The Balaban J connectivity index is 1.74. The predicted octanol–water partition coefficient (Wildman–Crippen LogP) is 4.36. The molecule has 7 nitrogen and oxygen atoms in total. The number of nitrogens with zero attached hydrogens (tertiary/aromatic N) is 3. The highest BCUT2D eigenvalue weighted by Gasteiger charge is 2.15. The van der Waals surface area contributed by atoms with Crippen molar-refractivity contribution in [3.63, 3.8) is 0 Å². The monoisotopic (exact) mass is 437 g/mol. The van der Waals surface area contributed by atoms with Gasteiger partial charge in [0, 0.05) is 0 Å². The lowest BCUT2D eigenvalue weighted by atomic mass is 10.2. The van der Waals surface area contributed by atoms with Crippen molar-refractivity contribution >= 4 is 22.7 Å². The summed E-state index contributed by atoms with van der Waals surface area (Å²) in [4.78, 5) is 22.5. The van der Waals surface area contributed by atoms with E-state index in [1.807, 2.05) is 50.2 Å². The average Bonchev–Trinajstić information content (AvgIpc) is 3.11. The molecule has 160 valence electrons. The van der Waals surface area contributed by atoms with Crippen LogP contribution in [0.25, 0.3) is 10.9 Å². The van der Waals surface area contributed by atoms with Crippen LogP contribution in [0.3, 0.4) is 0 Å². The molecular weight excluding hydrogens is 414 g/mol. The molecule has 0 aliphatic carbocycles. The van der Waals surface area contributed by atoms with E-state index in [9.17, 15) is 4.79 Å². The number of para-hydroxylation sites is 1. The van der Waals surface area contributed by atoms with Crippen molar-refractivity contribution in [3.05, 3.63) is 75.7 Å². The SMILES string of the molecule is COc1ccc(Cn2c(SCc3nc(C)c(C)o3)nc3ccccc3c2=O)cc1OC. The lowest BCUT2D eigenvalue weighted by Crippen LogP contribution is -2.24. The number of fused-ring (bicyclic) bond motifs is 1. The molecule has 0 unspecified atom stereocenters. The standard InChI is InChI=1S/C23H23N3O4S/c1-14-15(2)30-21(24-14)13-31-23-25-18-8-6-5-7-17(18)22(27)26(23)12-16-9-10-19(28-3)20(11-16)29-4/h5-11H,12-13H2,1-4H3. The Morgan fingerprint density at radius 3 is 2.52 bits per heavy atom. The summed E-state index contributed by atoms with van der Waals surface area (Å²) in [5.41, 5.74) is 2.34. The van der Waals surface area contributed by atoms with Gasteiger partial charge in [0.15, 0.2) is 16.7 Å². The second-order valence-electron chi connectivity index (χ2n) is 7.03. The number of aromatic nitrogens is 3. The summed E-state index contributed by atoms with van der Waals surface area (Å²) in [6.07, 6.45) is 0. The Kier molecular flexibility index (Phi) is 5.99. The second kappa shape index (κ2) is 8.85. The fourth-order valence-electron chi connectivity index (χ4n) is 3.29. The average molecular weight is 438 g/mol. The zero-order chi connectivity index (χ0) is 22.0. The maximum Gasteiger partial charge on any atom is 0.262 e. The number of ether oxygens (including phenoxy) is 2. The Morgan fingerprint density at radius 2 is 1.81 bits per heavy atom. The minimum Gasteiger partial charge on any atom is -0.493 e. The molecule has 0 atom stereocenters. The zero-order valence-electron chi connectivity index (χ0n) is 17.8. The number of thioether (sulfide) groups is 1. The van der Waals surface area contributed by atoms with E-state index in [-0.39, 0.29) is 5.56 Å². The molecule has 31 heavy (non-hydrogen) atoms. The van der Waals surface area contributed by atoms with E-state index in [1.54, 1.807) is 24.9 Å². The van der Waals surface area contributed by atoms with Gasteiger partial charge in [-0.2, -0.15) is 0 Å². The van der Waals surface area contributed by atoms with E-state index in [0.29, 0.717) is 45.7 Å². The highest BCUT2D eigenvalue weighted by Crippen LogP contribution is 2.29. The van der Waals surface area contributed by atoms with E-state index < -0.39 is 0 Å². The first-order valence-corrected chi connectivity index (χ1v) is 10.7. The first-order chi connectivity index (χ1) is 15.0. The van der Waals surface area contributed by atoms with Crippen LogP contribution in [0.5, 0.6) is 11.5 Å². The molecule has 8 heteroatoms. The molecule has 0 fully saturated rings. The number of methoxy groups -OCH3 is 2. The van der Waals surface area contributed by atoms with Gasteiger partial charge in [-0.1, -0.05) is 30.0 Å². The van der Waals surface area contributed by atoms with Gasteiger partial charge >= 0.3 is 0 Å². The number of aryl methyl sites for hydroxylation is 2. The number of oxazole rings is 1. The summed E-state index contributed by atoms with van der Waals surface area (Å²) >= 11 is 1.43. The van der Waals surface area contributed by atoms with Crippen LogP contribution in [0, 0.1) is 13.8 Å². The van der Waals surface area contributed by atoms with Crippen molar-refractivity contribution in [1.29, 1.82) is 0 Å². The maximum atomic E-state index is 13.3. The second-order valence-corrected chi connectivity index (χ2v) is 7.97. The van der Waals surface area contributed by atoms with Gasteiger partial charge in [0.2, 0.25) is 5.89 Å². The molecule has 0 N–H and O–H groups in total. The lowest BCUT2D eigenvalue weighted by Gasteiger charge is -2.14. The van der Waals surface area contributed by atoms with Crippen molar-refractivity contribution in [2.24, 2.45) is 0 Å². The highest BCUT2D eigenvalue weighted by atomic mass is 32.2. The Bertz CT molecular complexity index is 1280. The summed E-state index contributed by atoms with van der Waals surface area (Å²) in [6, 6.07) is 13.0. The highest BCUT2D eigenvalue weighted by molar-refractivity contribution is 7.98. The molecule has 4 aromatic rings. The summed E-state index contributed by atoms with van der Waals surface area (Å²) < 4.78 is 18.1. The van der Waals surface area contributed by atoms with Crippen molar-refractivity contribution in [3.8, 4) is 11.5 Å². The maximum absolute atomic E-state index is 13.3. The minimum absolute atomic E-state index is 0.0948. The van der Waals surface area contributed by atoms with Crippen LogP contribution < -0.4 is 15.0 Å². The molecule has 0 bridgehead atoms. The molecule has 0 saturated heterocycles. The molecule has 0 amide bonds. The predicted molar refractivity (Wildman–Crippen MR) is 120 cm³/mol. The van der Waals surface area contributed by atoms with E-state index in [2.05, 4.69) is 4.98 Å². The number of hydrogen-bond donors (Lipinski definition) is 0. The van der Waals surface area contributed by atoms with Crippen LogP contribution in [0.15, 0.2) is 56.8 Å². The van der Waals surface area contributed by atoms with Gasteiger partial charge in [0.25, 0.3) is 5.56 Å². The van der Waals surface area contributed by atoms with E-state index >= 15 is 0 Å². The topological polar surface area (TPSA) is 79.4 Å². The van der Waals surface area contributed by atoms with Crippen LogP contribution >= 0.6 is 11.8 Å². The fourth-order valence-corrected chi connectivity index (χ4v) is 4.13. The quantitative estimate of drug-likeness (QED) is 0.314. The van der Waals surface area contributed by atoms with E-state index in [1.165, 1.54) is 11.8 Å². The normalized spacial score (nSPS) is 11.1. The third kappa shape index (κ3) is 4.29. The molecule has 0 saturated carbocycles. The molecule has 0 aliphatic heterocycles. The van der Waals surface area contributed by atoms with Crippen LogP contribution in [0.4, 0.5) is 0 Å². The van der Waals surface area contributed by atoms with Crippen molar-refractivity contribution < 1.29 is 13.9 Å². The molecule has 0 spiro atoms. The third-order valence-corrected chi connectivity index (χ3v) is 5.97. The minimum atomic E-state index is -0.0948. The number of benzene rings is 2.